The first-order valence-electron chi connectivity index (χ1n) is 12.9. The number of carbonyl (C=O) groups excluding carboxylic acids is 2. The number of halogens is 2. The summed E-state index contributed by atoms with van der Waals surface area (Å²) in [5.74, 6) is 0.147. The lowest BCUT2D eigenvalue weighted by Gasteiger charge is -2.39. The minimum atomic E-state index is -0.736. The maximum Gasteiger partial charge on any atom is 0.410 e. The molecule has 2 N–H and O–H groups in total. The molecule has 0 bridgehead atoms. The van der Waals surface area contributed by atoms with Gasteiger partial charge in [0, 0.05) is 31.8 Å². The summed E-state index contributed by atoms with van der Waals surface area (Å²) < 4.78 is 26.6. The van der Waals surface area contributed by atoms with Gasteiger partial charge in [-0.05, 0) is 57.0 Å². The van der Waals surface area contributed by atoms with E-state index in [9.17, 15) is 14.0 Å². The number of likely N-dealkylation sites (N-methyl/N-ethyl adjacent to an activating group) is 1. The van der Waals surface area contributed by atoms with Crippen LogP contribution in [-0.2, 0) is 16.0 Å². The van der Waals surface area contributed by atoms with Gasteiger partial charge in [0.15, 0.2) is 5.82 Å². The van der Waals surface area contributed by atoms with Gasteiger partial charge in [0.05, 0.1) is 16.2 Å². The Bertz CT molecular complexity index is 1380. The molecule has 2 heterocycles. The molecular formula is C28H33ClFN5O4. The van der Waals surface area contributed by atoms with Crippen LogP contribution in [0.25, 0.3) is 10.9 Å². The summed E-state index contributed by atoms with van der Waals surface area (Å²) in [4.78, 5) is 35.7. The first-order chi connectivity index (χ1) is 18.5. The second kappa shape index (κ2) is 11.6. The highest BCUT2D eigenvalue weighted by Crippen LogP contribution is 2.34. The van der Waals surface area contributed by atoms with E-state index in [-0.39, 0.29) is 22.7 Å². The molecule has 1 saturated heterocycles. The number of amides is 2. The van der Waals surface area contributed by atoms with Crippen LogP contribution in [0, 0.1) is 5.82 Å². The highest BCUT2D eigenvalue weighted by Gasteiger charge is 2.39. The third kappa shape index (κ3) is 6.50. The molecule has 3 aromatic rings. The zero-order chi connectivity index (χ0) is 28.3. The maximum atomic E-state index is 14.6. The minimum absolute atomic E-state index is 0.000882. The van der Waals surface area contributed by atoms with Crippen molar-refractivity contribution in [3.63, 3.8) is 0 Å². The monoisotopic (exact) mass is 557 g/mol. The van der Waals surface area contributed by atoms with E-state index in [0.717, 1.165) is 5.56 Å². The van der Waals surface area contributed by atoms with Crippen molar-refractivity contribution in [3.05, 3.63) is 53.1 Å². The van der Waals surface area contributed by atoms with Gasteiger partial charge in [0.2, 0.25) is 5.91 Å². The number of ether oxygens (including phenoxy) is 2. The highest BCUT2D eigenvalue weighted by atomic mass is 35.5. The first kappa shape index (κ1) is 28.4. The van der Waals surface area contributed by atoms with Gasteiger partial charge >= 0.3 is 6.09 Å². The summed E-state index contributed by atoms with van der Waals surface area (Å²) >= 11 is 5.95. The molecule has 4 rings (SSSR count). The molecule has 0 saturated carbocycles. The minimum Gasteiger partial charge on any atom is -0.490 e. The van der Waals surface area contributed by atoms with Gasteiger partial charge in [0.1, 0.15) is 35.6 Å². The lowest BCUT2D eigenvalue weighted by atomic mass is 9.98. The number of aromatic nitrogens is 2. The van der Waals surface area contributed by atoms with Crippen LogP contribution in [0.3, 0.4) is 0 Å². The van der Waals surface area contributed by atoms with Crippen LogP contribution in [0.1, 0.15) is 46.1 Å². The van der Waals surface area contributed by atoms with Crippen LogP contribution in [0.2, 0.25) is 5.02 Å². The summed E-state index contributed by atoms with van der Waals surface area (Å²) in [5, 5.41) is 6.29. The van der Waals surface area contributed by atoms with E-state index in [2.05, 4.69) is 20.6 Å². The zero-order valence-corrected chi connectivity index (χ0v) is 23.4. The predicted molar refractivity (Wildman–Crippen MR) is 148 cm³/mol. The molecule has 2 atom stereocenters. The number of nitrogens with zero attached hydrogens (tertiary/aromatic N) is 3. The van der Waals surface area contributed by atoms with Crippen LogP contribution >= 0.6 is 11.6 Å². The second-order valence-corrected chi connectivity index (χ2v) is 10.8. The largest absolute Gasteiger partial charge is 0.490 e. The Labute approximate surface area is 232 Å². The standard InChI is InChI=1S/C28H33ClFN5O4/c1-6-16-12-21-18(25(33-15-32-21)34-20-9-7-8-19(29)24(20)30)14-23(16)38-17-10-11-35(22(13-17)26(36)31-5)27(37)39-28(2,3)4/h7-9,12,14-15,17,22H,6,10-11,13H2,1-5H3,(H,31,36)(H,32,33,34)/t17-,22-/m1/s1. The summed E-state index contributed by atoms with van der Waals surface area (Å²) in [7, 11) is 1.54. The Morgan fingerprint density at radius 3 is 2.69 bits per heavy atom. The summed E-state index contributed by atoms with van der Waals surface area (Å²) in [5.41, 5.74) is 1.10. The van der Waals surface area contributed by atoms with E-state index in [1.807, 2.05) is 19.1 Å². The Morgan fingerprint density at radius 2 is 2.00 bits per heavy atom. The fraction of sp³-hybridized carbons (Fsp3) is 0.429. The number of rotatable bonds is 6. The average molecular weight is 558 g/mol. The molecule has 0 radical (unpaired) electrons. The number of carbonyl (C=O) groups is 2. The average Bonchev–Trinajstić information content (AvgIpc) is 2.89. The number of fused-ring (bicyclic) bond motifs is 1. The van der Waals surface area contributed by atoms with Crippen LogP contribution in [0.5, 0.6) is 5.75 Å². The lowest BCUT2D eigenvalue weighted by Crippen LogP contribution is -2.55. The number of likely N-dealkylation sites (tertiary alicyclic amines) is 1. The van der Waals surface area contributed by atoms with Crippen molar-refractivity contribution in [2.24, 2.45) is 0 Å². The van der Waals surface area contributed by atoms with Crippen molar-refractivity contribution < 1.29 is 23.5 Å². The molecule has 1 fully saturated rings. The van der Waals surface area contributed by atoms with Crippen LogP contribution in [0.4, 0.5) is 20.7 Å². The van der Waals surface area contributed by atoms with E-state index < -0.39 is 23.6 Å². The normalized spacial score (nSPS) is 17.6. The van der Waals surface area contributed by atoms with E-state index in [1.165, 1.54) is 24.3 Å². The fourth-order valence-electron chi connectivity index (χ4n) is 4.51. The number of nitrogens with one attached hydrogen (secondary N) is 2. The van der Waals surface area contributed by atoms with Gasteiger partial charge in [0.25, 0.3) is 0 Å². The van der Waals surface area contributed by atoms with E-state index in [0.29, 0.717) is 48.3 Å². The van der Waals surface area contributed by atoms with Gasteiger partial charge in [-0.1, -0.05) is 24.6 Å². The molecule has 11 heteroatoms. The Morgan fingerprint density at radius 1 is 1.23 bits per heavy atom. The number of benzene rings is 2. The number of aryl methyl sites for hydroxylation is 1. The number of hydrogen-bond acceptors (Lipinski definition) is 7. The highest BCUT2D eigenvalue weighted by molar-refractivity contribution is 6.31. The molecule has 1 aromatic heterocycles. The molecule has 0 spiro atoms. The van der Waals surface area contributed by atoms with Gasteiger partial charge in [-0.3, -0.25) is 9.69 Å². The molecule has 208 valence electrons. The second-order valence-electron chi connectivity index (χ2n) is 10.3. The first-order valence-corrected chi connectivity index (χ1v) is 13.2. The molecule has 1 aliphatic rings. The molecule has 1 aliphatic heterocycles. The summed E-state index contributed by atoms with van der Waals surface area (Å²) in [6, 6.07) is 7.70. The molecule has 0 aliphatic carbocycles. The van der Waals surface area contributed by atoms with Crippen molar-refractivity contribution in [2.75, 3.05) is 18.9 Å². The van der Waals surface area contributed by atoms with Crippen molar-refractivity contribution in [1.29, 1.82) is 0 Å². The van der Waals surface area contributed by atoms with E-state index in [1.54, 1.807) is 32.9 Å². The van der Waals surface area contributed by atoms with Gasteiger partial charge in [-0.25, -0.2) is 19.2 Å². The Balaban J connectivity index is 1.62. The molecule has 39 heavy (non-hydrogen) atoms. The molecule has 2 aromatic carbocycles. The fourth-order valence-corrected chi connectivity index (χ4v) is 4.69. The third-order valence-electron chi connectivity index (χ3n) is 6.43. The summed E-state index contributed by atoms with van der Waals surface area (Å²) in [6.45, 7) is 7.67. The number of piperidine rings is 1. The Hall–Kier alpha value is -3.66. The van der Waals surface area contributed by atoms with Gasteiger partial charge in [-0.2, -0.15) is 0 Å². The predicted octanol–water partition coefficient (Wildman–Crippen LogP) is 5.62. The maximum absolute atomic E-state index is 14.6. The summed E-state index contributed by atoms with van der Waals surface area (Å²) in [6.07, 6.45) is 2.03. The molecule has 2 amide bonds. The van der Waals surface area contributed by atoms with E-state index in [4.69, 9.17) is 21.1 Å². The molecular weight excluding hydrogens is 525 g/mol. The quantitative estimate of drug-likeness (QED) is 0.405. The molecule has 0 unspecified atom stereocenters. The van der Waals surface area contributed by atoms with E-state index >= 15 is 0 Å². The van der Waals surface area contributed by atoms with Gasteiger partial charge in [-0.15, -0.1) is 0 Å². The SMILES string of the molecule is CCc1cc2ncnc(Nc3cccc(Cl)c3F)c2cc1O[C@@H]1CCN(C(=O)OC(C)(C)C)[C@@H](C(=O)NC)C1. The van der Waals surface area contributed by atoms with Crippen molar-refractivity contribution in [1.82, 2.24) is 20.2 Å². The van der Waals surface area contributed by atoms with Crippen LogP contribution in [-0.4, -0.2) is 58.2 Å². The number of hydrogen-bond donors (Lipinski definition) is 2. The number of anilines is 2. The van der Waals surface area contributed by atoms with Crippen molar-refractivity contribution >= 4 is 46.0 Å². The Kier molecular flexibility index (Phi) is 8.44. The van der Waals surface area contributed by atoms with Crippen LogP contribution in [0.15, 0.2) is 36.7 Å². The smallest absolute Gasteiger partial charge is 0.410 e. The van der Waals surface area contributed by atoms with Crippen LogP contribution < -0.4 is 15.4 Å². The van der Waals surface area contributed by atoms with Gasteiger partial charge < -0.3 is 20.1 Å². The lowest BCUT2D eigenvalue weighted by molar-refractivity contribution is -0.128. The van der Waals surface area contributed by atoms with Crippen molar-refractivity contribution in [3.8, 4) is 5.75 Å². The third-order valence-corrected chi connectivity index (χ3v) is 6.72. The van der Waals surface area contributed by atoms with Crippen molar-refractivity contribution in [2.45, 2.75) is 64.7 Å². The zero-order valence-electron chi connectivity index (χ0n) is 22.7. The molecule has 9 nitrogen and oxygen atoms in total. The topological polar surface area (TPSA) is 106 Å².